The Bertz CT molecular complexity index is 445. The smallest absolute Gasteiger partial charge is 0.336 e. The van der Waals surface area contributed by atoms with Gasteiger partial charge in [0.2, 0.25) is 0 Å². The van der Waals surface area contributed by atoms with Crippen LogP contribution in [0.4, 0.5) is 0 Å². The van der Waals surface area contributed by atoms with Crippen LogP contribution in [0.5, 0.6) is 0 Å². The van der Waals surface area contributed by atoms with E-state index in [1.54, 1.807) is 12.1 Å². The van der Waals surface area contributed by atoms with Crippen molar-refractivity contribution in [2.24, 2.45) is 0 Å². The van der Waals surface area contributed by atoms with Crippen molar-refractivity contribution in [3.63, 3.8) is 0 Å². The predicted octanol–water partition coefficient (Wildman–Crippen LogP) is 3.44. The topological polar surface area (TPSA) is 54.4 Å². The van der Waals surface area contributed by atoms with Gasteiger partial charge in [-0.3, -0.25) is 4.21 Å². The lowest BCUT2D eigenvalue weighted by Gasteiger charge is -2.12. The first kappa shape index (κ1) is 14.4. The van der Waals surface area contributed by atoms with E-state index in [0.29, 0.717) is 4.90 Å². The molecule has 3 nitrogen and oxygen atoms in total. The summed E-state index contributed by atoms with van der Waals surface area (Å²) in [4.78, 5) is 11.5. The second-order valence-electron chi connectivity index (χ2n) is 3.84. The Kier molecular flexibility index (Phi) is 5.33. The first-order valence-electron chi connectivity index (χ1n) is 5.40. The van der Waals surface area contributed by atoms with Crippen molar-refractivity contribution in [1.29, 1.82) is 0 Å². The number of hydrogen-bond acceptors (Lipinski definition) is 2. The summed E-state index contributed by atoms with van der Waals surface area (Å²) in [7, 11) is -1.28. The van der Waals surface area contributed by atoms with E-state index in [2.05, 4.69) is 15.9 Å². The van der Waals surface area contributed by atoms with Crippen molar-refractivity contribution in [2.75, 3.05) is 0 Å². The number of halogens is 1. The molecular weight excluding hydrogens is 304 g/mol. The van der Waals surface area contributed by atoms with Gasteiger partial charge in [-0.1, -0.05) is 36.2 Å². The van der Waals surface area contributed by atoms with Gasteiger partial charge in [0.15, 0.2) is 0 Å². The molecule has 0 aromatic heterocycles. The van der Waals surface area contributed by atoms with Crippen LogP contribution in [0.3, 0.4) is 0 Å². The minimum absolute atomic E-state index is 0.0348. The van der Waals surface area contributed by atoms with Crippen molar-refractivity contribution in [2.45, 2.75) is 36.8 Å². The van der Waals surface area contributed by atoms with Gasteiger partial charge in [-0.25, -0.2) is 4.79 Å². The quantitative estimate of drug-likeness (QED) is 0.904. The van der Waals surface area contributed by atoms with Gasteiger partial charge in [-0.05, 0) is 24.6 Å². The van der Waals surface area contributed by atoms with Crippen molar-refractivity contribution in [1.82, 2.24) is 0 Å². The minimum Gasteiger partial charge on any atom is -0.478 e. The van der Waals surface area contributed by atoms with E-state index in [1.807, 2.05) is 13.8 Å². The monoisotopic (exact) mass is 318 g/mol. The van der Waals surface area contributed by atoms with Crippen LogP contribution in [-0.2, 0) is 10.8 Å². The summed E-state index contributed by atoms with van der Waals surface area (Å²) in [6, 6.07) is 4.76. The molecule has 0 amide bonds. The zero-order valence-corrected chi connectivity index (χ0v) is 12.2. The fourth-order valence-corrected chi connectivity index (χ4v) is 3.58. The third kappa shape index (κ3) is 3.64. The Labute approximate surface area is 112 Å². The molecule has 0 heterocycles. The van der Waals surface area contributed by atoms with Gasteiger partial charge < -0.3 is 5.11 Å². The van der Waals surface area contributed by atoms with Crippen LogP contribution in [-0.4, -0.2) is 20.5 Å². The summed E-state index contributed by atoms with van der Waals surface area (Å²) < 4.78 is 13.0. The summed E-state index contributed by atoms with van der Waals surface area (Å²) in [5.41, 5.74) is 0.120. The second-order valence-corrected chi connectivity index (χ2v) is 6.60. The van der Waals surface area contributed by atoms with Gasteiger partial charge in [0.05, 0.1) is 21.3 Å². The van der Waals surface area contributed by atoms with Crippen LogP contribution >= 0.6 is 15.9 Å². The van der Waals surface area contributed by atoms with E-state index in [-0.39, 0.29) is 10.8 Å². The molecule has 0 spiro atoms. The highest BCUT2D eigenvalue weighted by Crippen LogP contribution is 2.23. The average molecular weight is 319 g/mol. The predicted molar refractivity (Wildman–Crippen MR) is 71.9 cm³/mol. The molecule has 0 bridgehead atoms. The number of carboxylic acids is 1. The van der Waals surface area contributed by atoms with Crippen LogP contribution in [0, 0.1) is 0 Å². The molecule has 0 aliphatic heterocycles. The first-order valence-corrected chi connectivity index (χ1v) is 7.41. The van der Waals surface area contributed by atoms with E-state index in [4.69, 9.17) is 5.11 Å². The molecule has 0 saturated carbocycles. The summed E-state index contributed by atoms with van der Waals surface area (Å²) in [6.07, 6.45) is 1.75. The molecule has 0 fully saturated rings. The van der Waals surface area contributed by atoms with Crippen molar-refractivity contribution in [3.8, 4) is 0 Å². The maximum absolute atomic E-state index is 12.2. The maximum Gasteiger partial charge on any atom is 0.336 e. The Morgan fingerprint density at radius 1 is 1.53 bits per heavy atom. The molecule has 17 heavy (non-hydrogen) atoms. The lowest BCUT2D eigenvalue weighted by Crippen LogP contribution is -2.14. The summed E-state index contributed by atoms with van der Waals surface area (Å²) in [5, 5.41) is 9.03. The molecule has 94 valence electrons. The molecular formula is C12H15BrO3S. The molecule has 0 saturated heterocycles. The van der Waals surface area contributed by atoms with Gasteiger partial charge in [0, 0.05) is 9.72 Å². The van der Waals surface area contributed by atoms with Crippen LogP contribution in [0.2, 0.25) is 0 Å². The van der Waals surface area contributed by atoms with E-state index < -0.39 is 16.8 Å². The highest BCUT2D eigenvalue weighted by atomic mass is 79.9. The van der Waals surface area contributed by atoms with Crippen LogP contribution in [0.15, 0.2) is 27.6 Å². The van der Waals surface area contributed by atoms with Gasteiger partial charge >= 0.3 is 5.97 Å². The number of hydrogen-bond donors (Lipinski definition) is 1. The Hall–Kier alpha value is -0.680. The van der Waals surface area contributed by atoms with Crippen LogP contribution in [0.25, 0.3) is 0 Å². The van der Waals surface area contributed by atoms with Gasteiger partial charge in [0.1, 0.15) is 0 Å². The molecule has 1 N–H and O–H groups in total. The van der Waals surface area contributed by atoms with Crippen molar-refractivity contribution >= 4 is 32.7 Å². The van der Waals surface area contributed by atoms with Crippen LogP contribution in [0.1, 0.15) is 37.0 Å². The lowest BCUT2D eigenvalue weighted by atomic mass is 10.2. The van der Waals surface area contributed by atoms with E-state index in [9.17, 15) is 9.00 Å². The van der Waals surface area contributed by atoms with Crippen LogP contribution < -0.4 is 0 Å². The number of carbonyl (C=O) groups is 1. The molecule has 1 aromatic carbocycles. The lowest BCUT2D eigenvalue weighted by molar-refractivity contribution is 0.0693. The largest absolute Gasteiger partial charge is 0.478 e. The molecule has 1 rings (SSSR count). The van der Waals surface area contributed by atoms with E-state index in [0.717, 1.165) is 17.3 Å². The zero-order chi connectivity index (χ0) is 13.0. The summed E-state index contributed by atoms with van der Waals surface area (Å²) in [5.74, 6) is -1.04. The third-order valence-electron chi connectivity index (χ3n) is 2.45. The minimum atomic E-state index is -1.28. The highest BCUT2D eigenvalue weighted by Gasteiger charge is 2.19. The SMILES string of the molecule is CCCC(C)S(=O)c1cc(Br)ccc1C(=O)O. The average Bonchev–Trinajstić information content (AvgIpc) is 2.27. The van der Waals surface area contributed by atoms with Gasteiger partial charge in [-0.2, -0.15) is 0 Å². The fourth-order valence-electron chi connectivity index (χ4n) is 1.57. The zero-order valence-electron chi connectivity index (χ0n) is 9.77. The molecule has 2 unspecified atom stereocenters. The molecule has 0 aliphatic rings. The number of aromatic carboxylic acids is 1. The molecule has 0 radical (unpaired) electrons. The highest BCUT2D eigenvalue weighted by molar-refractivity contribution is 9.10. The molecule has 1 aromatic rings. The van der Waals surface area contributed by atoms with E-state index >= 15 is 0 Å². The standard InChI is InChI=1S/C12H15BrO3S/c1-3-4-8(2)17(16)11-7-9(13)5-6-10(11)12(14)15/h5-8H,3-4H2,1-2H3,(H,14,15). The first-order chi connectivity index (χ1) is 7.97. The maximum atomic E-state index is 12.2. The number of rotatable bonds is 5. The van der Waals surface area contributed by atoms with Gasteiger partial charge in [-0.15, -0.1) is 0 Å². The Balaban J connectivity index is 3.15. The molecule has 0 aliphatic carbocycles. The van der Waals surface area contributed by atoms with Crippen molar-refractivity contribution < 1.29 is 14.1 Å². The van der Waals surface area contributed by atoms with Crippen molar-refractivity contribution in [3.05, 3.63) is 28.2 Å². The molecule has 2 atom stereocenters. The summed E-state index contributed by atoms with van der Waals surface area (Å²) in [6.45, 7) is 3.90. The normalized spacial score (nSPS) is 14.3. The summed E-state index contributed by atoms with van der Waals surface area (Å²) >= 11 is 3.27. The third-order valence-corrected chi connectivity index (χ3v) is 4.68. The second kappa shape index (κ2) is 6.31. The Morgan fingerprint density at radius 2 is 2.18 bits per heavy atom. The fraction of sp³-hybridized carbons (Fsp3) is 0.417. The number of carboxylic acid groups (broad SMARTS) is 1. The molecule has 5 heteroatoms. The Morgan fingerprint density at radius 3 is 2.71 bits per heavy atom. The number of benzene rings is 1. The van der Waals surface area contributed by atoms with E-state index in [1.165, 1.54) is 6.07 Å². The van der Waals surface area contributed by atoms with Gasteiger partial charge in [0.25, 0.3) is 0 Å².